The lowest BCUT2D eigenvalue weighted by Gasteiger charge is -2.05. The highest BCUT2D eigenvalue weighted by Gasteiger charge is 1.91. The molecule has 0 amide bonds. The third-order valence-corrected chi connectivity index (χ3v) is 2.29. The Kier molecular flexibility index (Phi) is 11.0. The first-order valence-corrected chi connectivity index (χ1v) is 5.85. The zero-order chi connectivity index (χ0) is 10.8. The molecular formula is C12H19Cl2NO. The Morgan fingerprint density at radius 1 is 1.12 bits per heavy atom. The summed E-state index contributed by atoms with van der Waals surface area (Å²) < 4.78 is 5.50. The van der Waals surface area contributed by atoms with Crippen molar-refractivity contribution in [1.82, 2.24) is 5.32 Å². The van der Waals surface area contributed by atoms with Gasteiger partial charge >= 0.3 is 0 Å². The summed E-state index contributed by atoms with van der Waals surface area (Å²) in [5.74, 6) is 0.720. The van der Waals surface area contributed by atoms with Crippen molar-refractivity contribution in [1.29, 1.82) is 0 Å². The number of alkyl halides is 1. The fraction of sp³-hybridized carbons (Fsp3) is 0.500. The molecule has 1 aromatic rings. The lowest BCUT2D eigenvalue weighted by molar-refractivity contribution is 0.123. The highest BCUT2D eigenvalue weighted by atomic mass is 35.5. The summed E-state index contributed by atoms with van der Waals surface area (Å²) in [7, 11) is 0. The number of hydrogen-bond acceptors (Lipinski definition) is 2. The minimum Gasteiger partial charge on any atom is -0.375 e. The molecule has 0 fully saturated rings. The van der Waals surface area contributed by atoms with Crippen LogP contribution in [0, 0.1) is 0 Å². The van der Waals surface area contributed by atoms with Crippen LogP contribution in [-0.2, 0) is 11.3 Å². The second kappa shape index (κ2) is 11.2. The molecule has 0 bridgehead atoms. The Morgan fingerprint density at radius 2 is 1.88 bits per heavy atom. The number of ether oxygens (including phenoxy) is 1. The normalized spacial score (nSPS) is 9.81. The first-order chi connectivity index (χ1) is 7.43. The fourth-order valence-electron chi connectivity index (χ4n) is 1.23. The summed E-state index contributed by atoms with van der Waals surface area (Å²) in [5.41, 5.74) is 1.22. The van der Waals surface area contributed by atoms with Crippen LogP contribution in [-0.4, -0.2) is 25.6 Å². The standard InChI is InChI=1S/C12H18ClNO.ClH/c13-7-4-8-14-9-10-15-11-12-5-2-1-3-6-12;/h1-3,5-6,14H,4,7-11H2;1H. The fourth-order valence-corrected chi connectivity index (χ4v) is 1.36. The molecule has 4 heteroatoms. The van der Waals surface area contributed by atoms with Crippen molar-refractivity contribution >= 4 is 24.0 Å². The van der Waals surface area contributed by atoms with E-state index in [0.29, 0.717) is 6.61 Å². The lowest BCUT2D eigenvalue weighted by atomic mass is 10.2. The summed E-state index contributed by atoms with van der Waals surface area (Å²) in [6.45, 7) is 3.30. The average molecular weight is 264 g/mol. The molecule has 0 unspecified atom stereocenters. The van der Waals surface area contributed by atoms with E-state index in [1.54, 1.807) is 0 Å². The summed E-state index contributed by atoms with van der Waals surface area (Å²) in [6, 6.07) is 10.2. The summed E-state index contributed by atoms with van der Waals surface area (Å²) in [6.07, 6.45) is 1.01. The minimum atomic E-state index is 0. The van der Waals surface area contributed by atoms with Crippen LogP contribution in [0.1, 0.15) is 12.0 Å². The molecule has 0 aliphatic heterocycles. The van der Waals surface area contributed by atoms with Gasteiger partial charge in [-0.15, -0.1) is 24.0 Å². The van der Waals surface area contributed by atoms with Gasteiger partial charge in [-0.05, 0) is 18.5 Å². The van der Waals surface area contributed by atoms with E-state index >= 15 is 0 Å². The van der Waals surface area contributed by atoms with E-state index in [-0.39, 0.29) is 12.4 Å². The molecule has 1 rings (SSSR count). The first kappa shape index (κ1) is 15.7. The molecule has 92 valence electrons. The summed E-state index contributed by atoms with van der Waals surface area (Å²) in [4.78, 5) is 0. The van der Waals surface area contributed by atoms with Crippen molar-refractivity contribution in [3.8, 4) is 0 Å². The van der Waals surface area contributed by atoms with Crippen molar-refractivity contribution in [2.45, 2.75) is 13.0 Å². The van der Waals surface area contributed by atoms with Gasteiger partial charge in [0.25, 0.3) is 0 Å². The van der Waals surface area contributed by atoms with E-state index in [9.17, 15) is 0 Å². The molecule has 1 N–H and O–H groups in total. The zero-order valence-electron chi connectivity index (χ0n) is 9.32. The van der Waals surface area contributed by atoms with Crippen LogP contribution >= 0.6 is 24.0 Å². The van der Waals surface area contributed by atoms with E-state index in [0.717, 1.165) is 32.0 Å². The second-order valence-corrected chi connectivity index (χ2v) is 3.71. The van der Waals surface area contributed by atoms with Crippen molar-refractivity contribution in [3.63, 3.8) is 0 Å². The molecule has 0 saturated carbocycles. The van der Waals surface area contributed by atoms with Crippen LogP contribution in [0.2, 0.25) is 0 Å². The second-order valence-electron chi connectivity index (χ2n) is 3.33. The number of hydrogen-bond donors (Lipinski definition) is 1. The summed E-state index contributed by atoms with van der Waals surface area (Å²) in [5, 5.41) is 3.26. The Balaban J connectivity index is 0.00000225. The van der Waals surface area contributed by atoms with Crippen LogP contribution in [0.15, 0.2) is 30.3 Å². The summed E-state index contributed by atoms with van der Waals surface area (Å²) >= 11 is 5.55. The van der Waals surface area contributed by atoms with Crippen molar-refractivity contribution in [2.24, 2.45) is 0 Å². The molecule has 0 heterocycles. The van der Waals surface area contributed by atoms with E-state index in [1.807, 2.05) is 18.2 Å². The lowest BCUT2D eigenvalue weighted by Crippen LogP contribution is -2.21. The minimum absolute atomic E-state index is 0. The van der Waals surface area contributed by atoms with Gasteiger partial charge in [0.2, 0.25) is 0 Å². The van der Waals surface area contributed by atoms with E-state index in [4.69, 9.17) is 16.3 Å². The van der Waals surface area contributed by atoms with Crippen LogP contribution < -0.4 is 5.32 Å². The van der Waals surface area contributed by atoms with Gasteiger partial charge in [-0.2, -0.15) is 0 Å². The molecule has 16 heavy (non-hydrogen) atoms. The highest BCUT2D eigenvalue weighted by molar-refractivity contribution is 6.17. The molecule has 0 atom stereocenters. The van der Waals surface area contributed by atoms with Crippen molar-refractivity contribution < 1.29 is 4.74 Å². The number of benzene rings is 1. The third-order valence-electron chi connectivity index (χ3n) is 2.02. The van der Waals surface area contributed by atoms with Crippen molar-refractivity contribution in [3.05, 3.63) is 35.9 Å². The maximum Gasteiger partial charge on any atom is 0.0717 e. The molecule has 0 aromatic heterocycles. The van der Waals surface area contributed by atoms with Gasteiger partial charge in [-0.25, -0.2) is 0 Å². The van der Waals surface area contributed by atoms with Crippen LogP contribution in [0.5, 0.6) is 0 Å². The van der Waals surface area contributed by atoms with Gasteiger partial charge in [0.1, 0.15) is 0 Å². The smallest absolute Gasteiger partial charge is 0.0717 e. The molecule has 0 aliphatic rings. The van der Waals surface area contributed by atoms with Gasteiger partial charge in [-0.3, -0.25) is 0 Å². The zero-order valence-corrected chi connectivity index (χ0v) is 10.9. The van der Waals surface area contributed by atoms with E-state index in [2.05, 4.69) is 17.4 Å². The van der Waals surface area contributed by atoms with Gasteiger partial charge in [0, 0.05) is 12.4 Å². The van der Waals surface area contributed by atoms with Gasteiger partial charge in [0.05, 0.1) is 13.2 Å². The van der Waals surface area contributed by atoms with Crippen molar-refractivity contribution in [2.75, 3.05) is 25.6 Å². The largest absolute Gasteiger partial charge is 0.375 e. The number of nitrogens with one attached hydrogen (secondary N) is 1. The Morgan fingerprint density at radius 3 is 2.56 bits per heavy atom. The molecule has 2 nitrogen and oxygen atoms in total. The highest BCUT2D eigenvalue weighted by Crippen LogP contribution is 1.99. The topological polar surface area (TPSA) is 21.3 Å². The van der Waals surface area contributed by atoms with Crippen LogP contribution in [0.25, 0.3) is 0 Å². The Bertz CT molecular complexity index is 244. The molecular weight excluding hydrogens is 245 g/mol. The molecule has 1 aromatic carbocycles. The van der Waals surface area contributed by atoms with Gasteiger partial charge < -0.3 is 10.1 Å². The van der Waals surface area contributed by atoms with Crippen LogP contribution in [0.4, 0.5) is 0 Å². The molecule has 0 radical (unpaired) electrons. The quantitative estimate of drug-likeness (QED) is 0.576. The monoisotopic (exact) mass is 263 g/mol. The molecule has 0 saturated heterocycles. The SMILES string of the molecule is Cl.ClCCCNCCOCc1ccccc1. The average Bonchev–Trinajstić information content (AvgIpc) is 2.29. The maximum absolute atomic E-state index is 5.55. The van der Waals surface area contributed by atoms with Gasteiger partial charge in [-0.1, -0.05) is 30.3 Å². The van der Waals surface area contributed by atoms with Crippen LogP contribution in [0.3, 0.4) is 0 Å². The predicted octanol–water partition coefficient (Wildman–Crippen LogP) is 2.84. The number of halogens is 2. The Labute approximate surface area is 109 Å². The Hall–Kier alpha value is -0.280. The molecule has 0 spiro atoms. The first-order valence-electron chi connectivity index (χ1n) is 5.32. The molecule has 0 aliphatic carbocycles. The van der Waals surface area contributed by atoms with E-state index in [1.165, 1.54) is 5.56 Å². The van der Waals surface area contributed by atoms with E-state index < -0.39 is 0 Å². The predicted molar refractivity (Wildman–Crippen MR) is 71.6 cm³/mol. The number of rotatable bonds is 8. The maximum atomic E-state index is 5.55. The third kappa shape index (κ3) is 7.94. The van der Waals surface area contributed by atoms with Gasteiger partial charge in [0.15, 0.2) is 0 Å².